The van der Waals surface area contributed by atoms with Crippen LogP contribution in [0.5, 0.6) is 0 Å². The fraction of sp³-hybridized carbons (Fsp3) is 0.615. The minimum Gasteiger partial charge on any atom is -0.369 e. The standard InChI is InChI=1S/C13H19BrN4/c1-13(2)8-18(6-5-17-13)11-9-3-4-15-12(9)16-7-10(11)14/h7,17H,3-6,8H2,1-2H3,(H,15,16). The van der Waals surface area contributed by atoms with E-state index in [1.807, 2.05) is 6.20 Å². The highest BCUT2D eigenvalue weighted by atomic mass is 79.9. The average molecular weight is 311 g/mol. The second-order valence-electron chi connectivity index (χ2n) is 5.69. The van der Waals surface area contributed by atoms with E-state index in [4.69, 9.17) is 0 Å². The monoisotopic (exact) mass is 310 g/mol. The number of hydrogen-bond donors (Lipinski definition) is 2. The highest BCUT2D eigenvalue weighted by Crippen LogP contribution is 2.37. The molecule has 4 nitrogen and oxygen atoms in total. The summed E-state index contributed by atoms with van der Waals surface area (Å²) < 4.78 is 1.11. The predicted octanol–water partition coefficient (Wildman–Crippen LogP) is 2.00. The molecule has 1 fully saturated rings. The van der Waals surface area contributed by atoms with Crippen molar-refractivity contribution in [3.05, 3.63) is 16.2 Å². The van der Waals surface area contributed by atoms with Crippen molar-refractivity contribution in [3.63, 3.8) is 0 Å². The topological polar surface area (TPSA) is 40.2 Å². The van der Waals surface area contributed by atoms with Gasteiger partial charge in [-0.15, -0.1) is 0 Å². The summed E-state index contributed by atoms with van der Waals surface area (Å²) in [6.45, 7) is 8.63. The summed E-state index contributed by atoms with van der Waals surface area (Å²) in [7, 11) is 0. The van der Waals surface area contributed by atoms with E-state index in [-0.39, 0.29) is 5.54 Å². The van der Waals surface area contributed by atoms with Gasteiger partial charge in [-0.2, -0.15) is 0 Å². The summed E-state index contributed by atoms with van der Waals surface area (Å²) in [4.78, 5) is 6.93. The van der Waals surface area contributed by atoms with Crippen LogP contribution in [0.1, 0.15) is 19.4 Å². The third-order valence-electron chi connectivity index (χ3n) is 3.66. The zero-order chi connectivity index (χ0) is 12.8. The Hall–Kier alpha value is -0.810. The molecule has 3 heterocycles. The molecule has 0 aromatic carbocycles. The molecule has 0 bridgehead atoms. The Labute approximate surface area is 116 Å². The minimum absolute atomic E-state index is 0.167. The Morgan fingerprint density at radius 3 is 3.00 bits per heavy atom. The number of piperazine rings is 1. The fourth-order valence-corrected chi connectivity index (χ4v) is 3.48. The molecular formula is C13H19BrN4. The van der Waals surface area contributed by atoms with Crippen molar-refractivity contribution in [1.82, 2.24) is 10.3 Å². The van der Waals surface area contributed by atoms with Crippen LogP contribution in [0.25, 0.3) is 0 Å². The number of nitrogens with one attached hydrogen (secondary N) is 2. The molecule has 98 valence electrons. The molecule has 2 N–H and O–H groups in total. The smallest absolute Gasteiger partial charge is 0.131 e. The Balaban J connectivity index is 1.99. The van der Waals surface area contributed by atoms with Crippen LogP contribution in [0.3, 0.4) is 0 Å². The first-order chi connectivity index (χ1) is 8.57. The maximum atomic E-state index is 4.45. The number of anilines is 2. The molecule has 1 aromatic rings. The van der Waals surface area contributed by atoms with Crippen LogP contribution in [0.15, 0.2) is 10.7 Å². The molecule has 0 spiro atoms. The lowest BCUT2D eigenvalue weighted by atomic mass is 10.0. The lowest BCUT2D eigenvalue weighted by Crippen LogP contribution is -2.57. The Bertz CT molecular complexity index is 472. The van der Waals surface area contributed by atoms with E-state index in [1.165, 1.54) is 11.3 Å². The van der Waals surface area contributed by atoms with Gasteiger partial charge in [-0.1, -0.05) is 0 Å². The number of fused-ring (bicyclic) bond motifs is 1. The summed E-state index contributed by atoms with van der Waals surface area (Å²) in [6.07, 6.45) is 2.99. The maximum absolute atomic E-state index is 4.45. The second kappa shape index (κ2) is 4.38. The molecule has 1 saturated heterocycles. The van der Waals surface area contributed by atoms with Gasteiger partial charge in [-0.05, 0) is 36.2 Å². The van der Waals surface area contributed by atoms with Crippen molar-refractivity contribution in [1.29, 1.82) is 0 Å². The number of halogens is 1. The largest absolute Gasteiger partial charge is 0.369 e. The summed E-state index contributed by atoms with van der Waals surface area (Å²) in [5.74, 6) is 1.06. The molecule has 0 aliphatic carbocycles. The van der Waals surface area contributed by atoms with Crippen LogP contribution in [0, 0.1) is 0 Å². The summed E-state index contributed by atoms with van der Waals surface area (Å²) >= 11 is 3.67. The van der Waals surface area contributed by atoms with Gasteiger partial charge in [0.05, 0.1) is 10.2 Å². The first kappa shape index (κ1) is 12.2. The Morgan fingerprint density at radius 2 is 2.22 bits per heavy atom. The van der Waals surface area contributed by atoms with Gasteiger partial charge < -0.3 is 15.5 Å². The lowest BCUT2D eigenvalue weighted by molar-refractivity contribution is 0.352. The van der Waals surface area contributed by atoms with Gasteiger partial charge in [0.25, 0.3) is 0 Å². The molecule has 0 atom stereocenters. The Kier molecular flexibility index (Phi) is 2.98. The zero-order valence-electron chi connectivity index (χ0n) is 10.9. The molecular weight excluding hydrogens is 292 g/mol. The molecule has 0 saturated carbocycles. The molecule has 0 amide bonds. The van der Waals surface area contributed by atoms with E-state index in [9.17, 15) is 0 Å². The summed E-state index contributed by atoms with van der Waals surface area (Å²) in [6, 6.07) is 0. The normalized spacial score (nSPS) is 21.6. The quantitative estimate of drug-likeness (QED) is 0.832. The highest BCUT2D eigenvalue weighted by molar-refractivity contribution is 9.10. The molecule has 1 aromatic heterocycles. The van der Waals surface area contributed by atoms with Crippen molar-refractivity contribution >= 4 is 27.4 Å². The van der Waals surface area contributed by atoms with Crippen molar-refractivity contribution in [3.8, 4) is 0 Å². The van der Waals surface area contributed by atoms with Crippen LogP contribution in [0.4, 0.5) is 11.5 Å². The third kappa shape index (κ3) is 2.10. The van der Waals surface area contributed by atoms with Crippen LogP contribution < -0.4 is 15.5 Å². The second-order valence-corrected chi connectivity index (χ2v) is 6.55. The first-order valence-corrected chi connectivity index (χ1v) is 7.27. The van der Waals surface area contributed by atoms with E-state index in [1.54, 1.807) is 0 Å². The first-order valence-electron chi connectivity index (χ1n) is 6.48. The van der Waals surface area contributed by atoms with E-state index < -0.39 is 0 Å². The molecule has 3 rings (SSSR count). The van der Waals surface area contributed by atoms with Crippen LogP contribution in [-0.2, 0) is 6.42 Å². The fourth-order valence-electron chi connectivity index (χ4n) is 2.89. The van der Waals surface area contributed by atoms with Gasteiger partial charge in [0.1, 0.15) is 5.82 Å². The summed E-state index contributed by atoms with van der Waals surface area (Å²) in [5, 5.41) is 6.91. The predicted molar refractivity (Wildman–Crippen MR) is 78.4 cm³/mol. The molecule has 0 radical (unpaired) electrons. The summed E-state index contributed by atoms with van der Waals surface area (Å²) in [5.41, 5.74) is 2.86. The van der Waals surface area contributed by atoms with E-state index in [0.29, 0.717) is 0 Å². The number of aromatic nitrogens is 1. The van der Waals surface area contributed by atoms with Gasteiger partial charge in [0.15, 0.2) is 0 Å². The number of rotatable bonds is 1. The van der Waals surface area contributed by atoms with Gasteiger partial charge in [0, 0.05) is 43.5 Å². The van der Waals surface area contributed by atoms with Gasteiger partial charge in [0.2, 0.25) is 0 Å². The third-order valence-corrected chi connectivity index (χ3v) is 4.24. The SMILES string of the molecule is CC1(C)CN(c2c(Br)cnc3c2CCN3)CCN1. The Morgan fingerprint density at radius 1 is 1.39 bits per heavy atom. The number of hydrogen-bond acceptors (Lipinski definition) is 4. The van der Waals surface area contributed by atoms with E-state index >= 15 is 0 Å². The van der Waals surface area contributed by atoms with Crippen LogP contribution in [-0.4, -0.2) is 36.7 Å². The lowest BCUT2D eigenvalue weighted by Gasteiger charge is -2.41. The van der Waals surface area contributed by atoms with Crippen LogP contribution in [0.2, 0.25) is 0 Å². The maximum Gasteiger partial charge on any atom is 0.131 e. The van der Waals surface area contributed by atoms with Gasteiger partial charge in [-0.25, -0.2) is 4.98 Å². The van der Waals surface area contributed by atoms with Crippen molar-refractivity contribution in [2.24, 2.45) is 0 Å². The van der Waals surface area contributed by atoms with Crippen molar-refractivity contribution in [2.45, 2.75) is 25.8 Å². The van der Waals surface area contributed by atoms with Gasteiger partial charge >= 0.3 is 0 Å². The van der Waals surface area contributed by atoms with E-state index in [0.717, 1.165) is 42.9 Å². The molecule has 5 heteroatoms. The molecule has 18 heavy (non-hydrogen) atoms. The molecule has 2 aliphatic rings. The zero-order valence-corrected chi connectivity index (χ0v) is 12.5. The molecule has 2 aliphatic heterocycles. The van der Waals surface area contributed by atoms with Crippen molar-refractivity contribution in [2.75, 3.05) is 36.4 Å². The minimum atomic E-state index is 0.167. The average Bonchev–Trinajstić information content (AvgIpc) is 2.75. The molecule has 0 unspecified atom stereocenters. The highest BCUT2D eigenvalue weighted by Gasteiger charge is 2.30. The van der Waals surface area contributed by atoms with E-state index in [2.05, 4.69) is 50.3 Å². The van der Waals surface area contributed by atoms with Crippen LogP contribution >= 0.6 is 15.9 Å². The van der Waals surface area contributed by atoms with Gasteiger partial charge in [-0.3, -0.25) is 0 Å². The van der Waals surface area contributed by atoms with Crippen molar-refractivity contribution < 1.29 is 0 Å². The number of nitrogens with zero attached hydrogens (tertiary/aromatic N) is 2. The number of pyridine rings is 1.